The normalized spacial score (nSPS) is 22.1. The van der Waals surface area contributed by atoms with Crippen molar-refractivity contribution >= 4 is 50.1 Å². The second-order valence-corrected chi connectivity index (χ2v) is 23.5. The van der Waals surface area contributed by atoms with Gasteiger partial charge >= 0.3 is 0 Å². The molecule has 2 saturated carbocycles. The molecule has 1 unspecified atom stereocenters. The second kappa shape index (κ2) is 18.3. The predicted octanol–water partition coefficient (Wildman–Crippen LogP) is 10.5. The molecule has 360 valence electrons. The number of H-pyrrole nitrogens is 1. The minimum absolute atomic E-state index is 0.00542. The quantitative estimate of drug-likeness (QED) is 0.0950. The highest BCUT2D eigenvalue weighted by Gasteiger charge is 2.50. The molecule has 2 atom stereocenters. The molecule has 5 aromatic rings. The fraction of sp³-hybridized carbons (Fsp3) is 0.490. The van der Waals surface area contributed by atoms with Gasteiger partial charge < -0.3 is 24.1 Å². The zero-order valence-corrected chi connectivity index (χ0v) is 40.6. The Morgan fingerprint density at radius 3 is 2.54 bits per heavy atom. The van der Waals surface area contributed by atoms with Crippen LogP contribution in [0.5, 0.6) is 17.2 Å². The van der Waals surface area contributed by atoms with E-state index in [-0.39, 0.29) is 61.8 Å². The Labute approximate surface area is 400 Å². The number of hydrogen-bond donors (Lipinski definition) is 2. The number of rotatable bonds is 11. The molecule has 10 rings (SSSR count). The van der Waals surface area contributed by atoms with Crippen LogP contribution in [0.2, 0.25) is 0 Å². The first kappa shape index (κ1) is 46.5. The molecule has 2 saturated heterocycles. The van der Waals surface area contributed by atoms with Crippen molar-refractivity contribution in [3.8, 4) is 17.2 Å². The molecule has 4 fully saturated rings. The number of anilines is 1. The maximum atomic E-state index is 14.7. The van der Waals surface area contributed by atoms with Crippen LogP contribution in [0.15, 0.2) is 82.8 Å². The topological polar surface area (TPSA) is 169 Å². The number of nitrogens with one attached hydrogen (secondary N) is 2. The van der Waals surface area contributed by atoms with E-state index in [1.165, 1.54) is 53.5 Å². The number of aromatic nitrogens is 2. The maximum Gasteiger partial charge on any atom is 0.288 e. The third-order valence-electron chi connectivity index (χ3n) is 15.4. The molecule has 17 heteroatoms. The molecule has 14 nitrogen and oxygen atoms in total. The number of nitrogens with zero attached hydrogens (tertiary/aromatic N) is 4. The molecule has 68 heavy (non-hydrogen) atoms. The summed E-state index contributed by atoms with van der Waals surface area (Å²) in [6.45, 7) is 13.2. The molecule has 3 aromatic carbocycles. The van der Waals surface area contributed by atoms with Gasteiger partial charge in [-0.25, -0.2) is 22.5 Å². The number of piperidine rings is 1. The van der Waals surface area contributed by atoms with Crippen molar-refractivity contribution < 1.29 is 36.7 Å². The van der Waals surface area contributed by atoms with Crippen molar-refractivity contribution in [2.24, 2.45) is 16.7 Å². The number of nitro benzene ring substituents is 1. The summed E-state index contributed by atoms with van der Waals surface area (Å²) in [5, 5.41) is 12.6. The smallest absolute Gasteiger partial charge is 0.288 e. The number of benzene rings is 3. The molecule has 1 amide bonds. The minimum Gasteiger partial charge on any atom is -0.491 e. The van der Waals surface area contributed by atoms with Crippen LogP contribution in [0.1, 0.15) is 113 Å². The van der Waals surface area contributed by atoms with Crippen LogP contribution in [0.25, 0.3) is 11.0 Å². The van der Waals surface area contributed by atoms with Crippen molar-refractivity contribution in [3.05, 3.63) is 106 Å². The summed E-state index contributed by atoms with van der Waals surface area (Å²) in [6, 6.07) is 18.1. The Kier molecular flexibility index (Phi) is 12.5. The first-order chi connectivity index (χ1) is 32.6. The van der Waals surface area contributed by atoms with E-state index in [1.807, 2.05) is 0 Å². The van der Waals surface area contributed by atoms with Gasteiger partial charge in [0, 0.05) is 61.0 Å². The van der Waals surface area contributed by atoms with Crippen molar-refractivity contribution in [2.75, 3.05) is 44.4 Å². The van der Waals surface area contributed by atoms with E-state index >= 15 is 0 Å². The molecule has 5 aliphatic rings. The molecule has 5 heterocycles. The average Bonchev–Trinajstić information content (AvgIpc) is 3.69. The molecule has 0 radical (unpaired) electrons. The lowest BCUT2D eigenvalue weighted by Crippen LogP contribution is -2.58. The van der Waals surface area contributed by atoms with Gasteiger partial charge in [0.15, 0.2) is 0 Å². The SMILES string of the molecule is CC(C)c1ccccc1[C@H]1COCCN1C1CC2(CCN(c3ccc(C(=O)NS(=O)(=O)c4cc5c(c([N+](=O)[O-])c4)SC(C4CCC(C)(C)CC4)CO5)c(Oc4cnc5[nH]cc(F)c5c4)c3)CC2)C1. The van der Waals surface area contributed by atoms with Gasteiger partial charge in [-0.3, -0.25) is 19.8 Å². The van der Waals surface area contributed by atoms with E-state index in [0.717, 1.165) is 89.4 Å². The van der Waals surface area contributed by atoms with Crippen LogP contribution < -0.4 is 19.1 Å². The van der Waals surface area contributed by atoms with Crippen molar-refractivity contribution in [1.29, 1.82) is 0 Å². The van der Waals surface area contributed by atoms with Crippen molar-refractivity contribution in [1.82, 2.24) is 19.6 Å². The van der Waals surface area contributed by atoms with Crippen molar-refractivity contribution in [2.45, 2.75) is 112 Å². The average molecular weight is 967 g/mol. The number of fused-ring (bicyclic) bond motifs is 2. The predicted molar refractivity (Wildman–Crippen MR) is 259 cm³/mol. The Bertz CT molecular complexity index is 2850. The summed E-state index contributed by atoms with van der Waals surface area (Å²) in [5.41, 5.74) is 3.80. The van der Waals surface area contributed by atoms with E-state index < -0.39 is 37.3 Å². The number of nitro groups is 1. The van der Waals surface area contributed by atoms with Crippen LogP contribution in [0.4, 0.5) is 15.8 Å². The summed E-state index contributed by atoms with van der Waals surface area (Å²) < 4.78 is 63.2. The molecule has 0 bridgehead atoms. The number of halogens is 1. The van der Waals surface area contributed by atoms with E-state index in [2.05, 4.69) is 76.5 Å². The van der Waals surface area contributed by atoms with Crippen LogP contribution in [-0.2, 0) is 14.8 Å². The Morgan fingerprint density at radius 1 is 1.03 bits per heavy atom. The lowest BCUT2D eigenvalue weighted by atomic mass is 9.59. The van der Waals surface area contributed by atoms with E-state index in [0.29, 0.717) is 30.1 Å². The molecule has 2 aliphatic carbocycles. The van der Waals surface area contributed by atoms with E-state index in [1.54, 1.807) is 12.1 Å². The zero-order valence-electron chi connectivity index (χ0n) is 39.0. The third kappa shape index (κ3) is 9.18. The molecular weight excluding hydrogens is 908 g/mol. The van der Waals surface area contributed by atoms with Gasteiger partial charge in [-0.1, -0.05) is 52.0 Å². The van der Waals surface area contributed by atoms with Crippen LogP contribution in [0, 0.1) is 32.7 Å². The number of sulfonamides is 1. The molecule has 2 N–H and O–H groups in total. The van der Waals surface area contributed by atoms with Gasteiger partial charge in [0.25, 0.3) is 21.6 Å². The molecule has 2 aromatic heterocycles. The van der Waals surface area contributed by atoms with Gasteiger partial charge in [-0.15, -0.1) is 11.8 Å². The maximum absolute atomic E-state index is 14.7. The van der Waals surface area contributed by atoms with Gasteiger partial charge in [-0.05, 0) is 103 Å². The standard InChI is InChI=1S/C51H59FN6O8S2/c1-31(2)37-7-5-6-8-38(37)43-29-64-20-19-57(43)34-25-51(26-34)15-17-56(18-16-51)33-9-10-39(44(21-33)66-35-22-40-41(52)28-54-48(40)53-27-35)49(59)55-68(62,63)36-23-42(58(60)61)47-45(24-36)65-30-46(67-47)32-11-13-50(3,4)14-12-32/h5-10,21-24,27-28,31-32,34,43,46H,11-20,25-26,29-30H2,1-4H3,(H,53,54)(H,55,59)/t43-,46?/m1/s1. The fourth-order valence-electron chi connectivity index (χ4n) is 11.3. The van der Waals surface area contributed by atoms with Gasteiger partial charge in [-0.2, -0.15) is 0 Å². The molecular formula is C51H59FN6O8S2. The number of carbonyl (C=O) groups is 1. The number of ether oxygens (including phenoxy) is 3. The lowest BCUT2D eigenvalue weighted by molar-refractivity contribution is -0.388. The van der Waals surface area contributed by atoms with Gasteiger partial charge in [0.2, 0.25) is 0 Å². The first-order valence-corrected chi connectivity index (χ1v) is 26.2. The molecule has 1 spiro atoms. The van der Waals surface area contributed by atoms with Crippen LogP contribution in [0.3, 0.4) is 0 Å². The van der Waals surface area contributed by atoms with Crippen LogP contribution in [-0.4, -0.2) is 84.9 Å². The first-order valence-electron chi connectivity index (χ1n) is 23.9. The number of pyridine rings is 1. The van der Waals surface area contributed by atoms with E-state index in [9.17, 15) is 27.7 Å². The number of thioether (sulfide) groups is 1. The monoisotopic (exact) mass is 966 g/mol. The summed E-state index contributed by atoms with van der Waals surface area (Å²) in [6.07, 6.45) is 10.9. The van der Waals surface area contributed by atoms with Crippen molar-refractivity contribution in [3.63, 3.8) is 0 Å². The lowest BCUT2D eigenvalue weighted by Gasteiger charge is -2.57. The number of aromatic amines is 1. The third-order valence-corrected chi connectivity index (χ3v) is 18.1. The second-order valence-electron chi connectivity index (χ2n) is 20.6. The summed E-state index contributed by atoms with van der Waals surface area (Å²) in [4.78, 5) is 37.8. The Hall–Kier alpha value is -5.23. The number of morpholine rings is 1. The minimum atomic E-state index is -4.67. The molecule has 3 aliphatic heterocycles. The Balaban J connectivity index is 0.864. The highest BCUT2D eigenvalue weighted by Crippen LogP contribution is 2.54. The fourth-order valence-corrected chi connectivity index (χ4v) is 13.7. The highest BCUT2D eigenvalue weighted by molar-refractivity contribution is 8.00. The number of amides is 1. The summed E-state index contributed by atoms with van der Waals surface area (Å²) in [5.74, 6) is -0.543. The van der Waals surface area contributed by atoms with Gasteiger partial charge in [0.05, 0.1) is 46.2 Å². The van der Waals surface area contributed by atoms with E-state index in [4.69, 9.17) is 14.2 Å². The zero-order chi connectivity index (χ0) is 47.5. The van der Waals surface area contributed by atoms with Gasteiger partial charge in [0.1, 0.15) is 40.2 Å². The number of hydrogen-bond acceptors (Lipinski definition) is 12. The highest BCUT2D eigenvalue weighted by atomic mass is 32.2. The summed E-state index contributed by atoms with van der Waals surface area (Å²) >= 11 is 1.37. The number of carbonyl (C=O) groups excluding carboxylic acids is 1. The largest absolute Gasteiger partial charge is 0.491 e. The van der Waals surface area contributed by atoms with Crippen LogP contribution >= 0.6 is 11.8 Å². The summed E-state index contributed by atoms with van der Waals surface area (Å²) in [7, 11) is -4.67. The Morgan fingerprint density at radius 2 is 1.79 bits per heavy atom.